The van der Waals surface area contributed by atoms with E-state index in [9.17, 15) is 0 Å². The molecule has 18 heavy (non-hydrogen) atoms. The molecule has 0 saturated carbocycles. The molecular weight excluding hydrogens is 294 g/mol. The Morgan fingerprint density at radius 3 is 2.67 bits per heavy atom. The Balaban J connectivity index is 2.52. The van der Waals surface area contributed by atoms with Gasteiger partial charge < -0.3 is 5.73 Å². The maximum atomic E-state index is 5.89. The Morgan fingerprint density at radius 2 is 2.00 bits per heavy atom. The molecule has 1 aromatic heterocycles. The molecule has 0 aliphatic heterocycles. The van der Waals surface area contributed by atoms with Crippen LogP contribution in [-0.4, -0.2) is 20.2 Å². The van der Waals surface area contributed by atoms with E-state index in [1.165, 1.54) is 0 Å². The standard InChI is InChI=1S/C12H16BrN5/c1-7(2)8(3)18-12(15-16-17-18)9-5-4-6-10(14)11(9)13/h4-8H,14H2,1-3H3. The molecule has 0 radical (unpaired) electrons. The van der Waals surface area contributed by atoms with Crippen molar-refractivity contribution in [1.29, 1.82) is 0 Å². The van der Waals surface area contributed by atoms with Crippen LogP contribution in [0.15, 0.2) is 22.7 Å². The van der Waals surface area contributed by atoms with Gasteiger partial charge in [-0.1, -0.05) is 19.9 Å². The van der Waals surface area contributed by atoms with E-state index in [2.05, 4.69) is 52.2 Å². The van der Waals surface area contributed by atoms with Crippen LogP contribution in [0.5, 0.6) is 0 Å². The summed E-state index contributed by atoms with van der Waals surface area (Å²) < 4.78 is 2.67. The van der Waals surface area contributed by atoms with E-state index in [0.717, 1.165) is 15.9 Å². The number of nitrogens with two attached hydrogens (primary N) is 1. The lowest BCUT2D eigenvalue weighted by Crippen LogP contribution is -2.14. The third-order valence-electron chi connectivity index (χ3n) is 3.11. The number of anilines is 1. The average Bonchev–Trinajstić information content (AvgIpc) is 2.80. The summed E-state index contributed by atoms with van der Waals surface area (Å²) in [4.78, 5) is 0. The highest BCUT2D eigenvalue weighted by molar-refractivity contribution is 9.10. The van der Waals surface area contributed by atoms with Gasteiger partial charge in [0, 0.05) is 11.3 Å². The lowest BCUT2D eigenvalue weighted by Gasteiger charge is -2.17. The molecule has 2 aromatic rings. The van der Waals surface area contributed by atoms with Crippen molar-refractivity contribution in [2.75, 3.05) is 5.73 Å². The summed E-state index contributed by atoms with van der Waals surface area (Å²) in [5.41, 5.74) is 7.48. The molecular formula is C12H16BrN5. The predicted molar refractivity (Wildman–Crippen MR) is 74.9 cm³/mol. The molecule has 0 amide bonds. The minimum atomic E-state index is 0.225. The maximum absolute atomic E-state index is 5.89. The van der Waals surface area contributed by atoms with E-state index >= 15 is 0 Å². The number of aromatic nitrogens is 4. The van der Waals surface area contributed by atoms with Crippen molar-refractivity contribution in [3.8, 4) is 11.4 Å². The van der Waals surface area contributed by atoms with E-state index in [1.807, 2.05) is 22.9 Å². The van der Waals surface area contributed by atoms with Gasteiger partial charge in [0.15, 0.2) is 5.82 Å². The first kappa shape index (κ1) is 13.0. The number of hydrogen-bond acceptors (Lipinski definition) is 4. The summed E-state index contributed by atoms with van der Waals surface area (Å²) >= 11 is 3.49. The number of nitrogens with zero attached hydrogens (tertiary/aromatic N) is 4. The molecule has 0 fully saturated rings. The van der Waals surface area contributed by atoms with E-state index in [1.54, 1.807) is 0 Å². The van der Waals surface area contributed by atoms with Gasteiger partial charge in [-0.05, 0) is 51.3 Å². The number of hydrogen-bond donors (Lipinski definition) is 1. The average molecular weight is 310 g/mol. The van der Waals surface area contributed by atoms with Crippen molar-refractivity contribution >= 4 is 21.6 Å². The summed E-state index contributed by atoms with van der Waals surface area (Å²) in [5.74, 6) is 1.18. The fourth-order valence-corrected chi connectivity index (χ4v) is 2.09. The summed E-state index contributed by atoms with van der Waals surface area (Å²) in [6, 6.07) is 5.92. The number of rotatable bonds is 3. The highest BCUT2D eigenvalue weighted by atomic mass is 79.9. The van der Waals surface area contributed by atoms with Crippen molar-refractivity contribution in [2.45, 2.75) is 26.8 Å². The number of halogens is 1. The van der Waals surface area contributed by atoms with Crippen LogP contribution < -0.4 is 5.73 Å². The van der Waals surface area contributed by atoms with Crippen LogP contribution in [0.3, 0.4) is 0 Å². The minimum absolute atomic E-state index is 0.225. The second-order valence-electron chi connectivity index (χ2n) is 4.64. The van der Waals surface area contributed by atoms with Gasteiger partial charge in [-0.2, -0.15) is 0 Å². The molecule has 5 nitrogen and oxygen atoms in total. The van der Waals surface area contributed by atoms with Crippen LogP contribution in [0.1, 0.15) is 26.8 Å². The molecule has 2 N–H and O–H groups in total. The molecule has 0 saturated heterocycles. The van der Waals surface area contributed by atoms with Gasteiger partial charge in [-0.15, -0.1) is 5.10 Å². The van der Waals surface area contributed by atoms with E-state index in [4.69, 9.17) is 5.73 Å². The zero-order valence-electron chi connectivity index (χ0n) is 10.6. The fraction of sp³-hybridized carbons (Fsp3) is 0.417. The molecule has 96 valence electrons. The predicted octanol–water partition coefficient (Wildman–Crippen LogP) is 2.90. The molecule has 6 heteroatoms. The monoisotopic (exact) mass is 309 g/mol. The van der Waals surface area contributed by atoms with Gasteiger partial charge in [0.2, 0.25) is 0 Å². The summed E-state index contributed by atoms with van der Waals surface area (Å²) in [7, 11) is 0. The fourth-order valence-electron chi connectivity index (χ4n) is 1.65. The Kier molecular flexibility index (Phi) is 3.65. The Bertz CT molecular complexity index is 549. The molecule has 2 rings (SSSR count). The second kappa shape index (κ2) is 5.06. The second-order valence-corrected chi connectivity index (χ2v) is 5.43. The molecule has 1 heterocycles. The Hall–Kier alpha value is -1.43. The van der Waals surface area contributed by atoms with Crippen LogP contribution in [0.25, 0.3) is 11.4 Å². The molecule has 0 spiro atoms. The SMILES string of the molecule is CC(C)C(C)n1nnnc1-c1cccc(N)c1Br. The van der Waals surface area contributed by atoms with Gasteiger partial charge in [0.1, 0.15) is 0 Å². The van der Waals surface area contributed by atoms with Crippen LogP contribution in [0.2, 0.25) is 0 Å². The topological polar surface area (TPSA) is 69.6 Å². The quantitative estimate of drug-likeness (QED) is 0.885. The Labute approximate surface area is 115 Å². The highest BCUT2D eigenvalue weighted by Gasteiger charge is 2.19. The van der Waals surface area contributed by atoms with Gasteiger partial charge in [0.25, 0.3) is 0 Å². The van der Waals surface area contributed by atoms with Crippen molar-refractivity contribution in [1.82, 2.24) is 20.2 Å². The Morgan fingerprint density at radius 1 is 1.28 bits per heavy atom. The third-order valence-corrected chi connectivity index (χ3v) is 4.00. The minimum Gasteiger partial charge on any atom is -0.398 e. The van der Waals surface area contributed by atoms with Crippen molar-refractivity contribution in [2.24, 2.45) is 5.92 Å². The van der Waals surface area contributed by atoms with Crippen molar-refractivity contribution in [3.05, 3.63) is 22.7 Å². The zero-order chi connectivity index (χ0) is 13.3. The number of nitrogen functional groups attached to an aromatic ring is 1. The van der Waals surface area contributed by atoms with Crippen molar-refractivity contribution in [3.63, 3.8) is 0 Å². The maximum Gasteiger partial charge on any atom is 0.183 e. The first-order valence-corrected chi connectivity index (χ1v) is 6.64. The van der Waals surface area contributed by atoms with Gasteiger partial charge >= 0.3 is 0 Å². The van der Waals surface area contributed by atoms with Crippen molar-refractivity contribution < 1.29 is 0 Å². The number of tetrazole rings is 1. The van der Waals surface area contributed by atoms with Gasteiger partial charge in [-0.25, -0.2) is 4.68 Å². The molecule has 1 aromatic carbocycles. The first-order valence-electron chi connectivity index (χ1n) is 5.84. The third kappa shape index (κ3) is 2.25. The number of benzene rings is 1. The van der Waals surface area contributed by atoms with Crippen LogP contribution in [0.4, 0.5) is 5.69 Å². The lowest BCUT2D eigenvalue weighted by molar-refractivity contribution is 0.371. The largest absolute Gasteiger partial charge is 0.398 e. The summed E-state index contributed by atoms with van der Waals surface area (Å²) in [6.45, 7) is 6.39. The van der Waals surface area contributed by atoms with Crippen LogP contribution >= 0.6 is 15.9 Å². The van der Waals surface area contributed by atoms with Crippen LogP contribution in [-0.2, 0) is 0 Å². The van der Waals surface area contributed by atoms with E-state index in [0.29, 0.717) is 11.6 Å². The zero-order valence-corrected chi connectivity index (χ0v) is 12.2. The molecule has 1 atom stereocenters. The van der Waals surface area contributed by atoms with Gasteiger partial charge in [-0.3, -0.25) is 0 Å². The van der Waals surface area contributed by atoms with Crippen LogP contribution in [0, 0.1) is 5.92 Å². The van der Waals surface area contributed by atoms with E-state index < -0.39 is 0 Å². The first-order chi connectivity index (χ1) is 8.52. The summed E-state index contributed by atoms with van der Waals surface area (Å²) in [5, 5.41) is 12.0. The highest BCUT2D eigenvalue weighted by Crippen LogP contribution is 2.32. The van der Waals surface area contributed by atoms with Gasteiger partial charge in [0.05, 0.1) is 10.5 Å². The van der Waals surface area contributed by atoms with E-state index in [-0.39, 0.29) is 6.04 Å². The molecule has 0 bridgehead atoms. The lowest BCUT2D eigenvalue weighted by atomic mass is 10.1. The molecule has 0 aliphatic rings. The molecule has 0 aliphatic carbocycles. The molecule has 1 unspecified atom stereocenters. The normalized spacial score (nSPS) is 12.9. The smallest absolute Gasteiger partial charge is 0.183 e. The summed E-state index contributed by atoms with van der Waals surface area (Å²) in [6.07, 6.45) is 0.